The topological polar surface area (TPSA) is 84.0 Å². The summed E-state index contributed by atoms with van der Waals surface area (Å²) in [5.74, 6) is -0.268. The number of nitrogens with zero attached hydrogens (tertiary/aromatic N) is 2. The minimum Gasteiger partial charge on any atom is -0.294 e. The fourth-order valence-corrected chi connectivity index (χ4v) is 1.16. The van der Waals surface area contributed by atoms with Gasteiger partial charge in [-0.15, -0.1) is 0 Å². The number of benzene rings is 1. The lowest BCUT2D eigenvalue weighted by molar-refractivity contribution is -0.384. The van der Waals surface area contributed by atoms with Gasteiger partial charge < -0.3 is 0 Å². The maximum atomic E-state index is 11.4. The molecule has 0 aliphatic rings. The van der Waals surface area contributed by atoms with Crippen molar-refractivity contribution in [1.29, 1.82) is 5.26 Å². The van der Waals surface area contributed by atoms with Gasteiger partial charge in [0, 0.05) is 24.1 Å². The van der Waals surface area contributed by atoms with Crippen molar-refractivity contribution >= 4 is 11.5 Å². The Morgan fingerprint density at radius 1 is 1.60 bits per heavy atom. The molecule has 0 unspecified atom stereocenters. The van der Waals surface area contributed by atoms with Gasteiger partial charge in [0.05, 0.1) is 16.6 Å². The highest BCUT2D eigenvalue weighted by Crippen LogP contribution is 2.18. The Morgan fingerprint density at radius 3 is 2.73 bits per heavy atom. The van der Waals surface area contributed by atoms with Crippen LogP contribution in [0.5, 0.6) is 0 Å². The largest absolute Gasteiger partial charge is 0.294 e. The number of rotatable bonds is 3. The number of ketones is 1. The maximum Gasteiger partial charge on any atom is 0.270 e. The van der Waals surface area contributed by atoms with E-state index in [2.05, 4.69) is 0 Å². The molecule has 1 rings (SSSR count). The lowest BCUT2D eigenvalue weighted by Crippen LogP contribution is -2.01. The van der Waals surface area contributed by atoms with Crippen LogP contribution in [0.25, 0.3) is 0 Å². The van der Waals surface area contributed by atoms with Crippen molar-refractivity contribution in [2.24, 2.45) is 0 Å². The summed E-state index contributed by atoms with van der Waals surface area (Å²) in [6.07, 6.45) is 0.218. The van der Waals surface area contributed by atoms with Gasteiger partial charge in [-0.25, -0.2) is 0 Å². The Bertz CT molecular complexity index is 460. The summed E-state index contributed by atoms with van der Waals surface area (Å²) in [5, 5.41) is 19.2. The van der Waals surface area contributed by atoms with E-state index in [-0.39, 0.29) is 29.0 Å². The maximum absolute atomic E-state index is 11.4. The van der Waals surface area contributed by atoms with E-state index in [9.17, 15) is 14.9 Å². The smallest absolute Gasteiger partial charge is 0.270 e. The van der Waals surface area contributed by atoms with Gasteiger partial charge in [0.2, 0.25) is 0 Å². The molecule has 1 aromatic rings. The van der Waals surface area contributed by atoms with E-state index >= 15 is 0 Å². The third kappa shape index (κ3) is 2.17. The summed E-state index contributed by atoms with van der Waals surface area (Å²) in [6.45, 7) is 1.64. The standard InChI is InChI=1S/C10H8N2O3/c1-2-10(13)9-5-8(12(14)15)4-3-7(9)6-11/h3-5H,2H2,1H3. The third-order valence-electron chi connectivity index (χ3n) is 1.96. The van der Waals surface area contributed by atoms with E-state index in [0.717, 1.165) is 6.07 Å². The minimum atomic E-state index is -0.590. The molecule has 0 atom stereocenters. The highest BCUT2D eigenvalue weighted by molar-refractivity contribution is 5.98. The Balaban J connectivity index is 3.33. The number of nitro groups is 1. The summed E-state index contributed by atoms with van der Waals surface area (Å²) < 4.78 is 0. The predicted octanol–water partition coefficient (Wildman–Crippen LogP) is 2.06. The number of non-ortho nitro benzene ring substituents is 1. The van der Waals surface area contributed by atoms with E-state index in [4.69, 9.17) is 5.26 Å². The van der Waals surface area contributed by atoms with Crippen LogP contribution in [0, 0.1) is 21.4 Å². The van der Waals surface area contributed by atoms with E-state index in [0.29, 0.717) is 0 Å². The van der Waals surface area contributed by atoms with Crippen LogP contribution in [0.1, 0.15) is 29.3 Å². The SMILES string of the molecule is CCC(=O)c1cc([N+](=O)[O-])ccc1C#N. The molecule has 0 aliphatic heterocycles. The van der Waals surface area contributed by atoms with Crippen molar-refractivity contribution in [3.63, 3.8) is 0 Å². The zero-order chi connectivity index (χ0) is 11.4. The molecule has 0 spiro atoms. The normalized spacial score (nSPS) is 9.33. The molecule has 0 heterocycles. The van der Waals surface area contributed by atoms with Crippen LogP contribution in [0.15, 0.2) is 18.2 Å². The molecule has 0 bridgehead atoms. The minimum absolute atomic E-state index is 0.120. The van der Waals surface area contributed by atoms with E-state index < -0.39 is 4.92 Å². The van der Waals surface area contributed by atoms with Gasteiger partial charge in [0.25, 0.3) is 5.69 Å². The van der Waals surface area contributed by atoms with Crippen molar-refractivity contribution in [3.8, 4) is 6.07 Å². The molecular weight excluding hydrogens is 196 g/mol. The average molecular weight is 204 g/mol. The molecule has 0 radical (unpaired) electrons. The van der Waals surface area contributed by atoms with Crippen LogP contribution in [-0.2, 0) is 0 Å². The average Bonchev–Trinajstić information content (AvgIpc) is 2.27. The summed E-state index contributed by atoms with van der Waals surface area (Å²) in [5.41, 5.74) is 0.118. The first-order valence-electron chi connectivity index (χ1n) is 4.32. The first kappa shape index (κ1) is 10.9. The first-order chi connectivity index (χ1) is 7.10. The fraction of sp³-hybridized carbons (Fsp3) is 0.200. The molecule has 5 nitrogen and oxygen atoms in total. The predicted molar refractivity (Wildman–Crippen MR) is 52.4 cm³/mol. The summed E-state index contributed by atoms with van der Waals surface area (Å²) >= 11 is 0. The Hall–Kier alpha value is -2.22. The number of nitriles is 1. The van der Waals surface area contributed by atoms with Crippen molar-refractivity contribution in [2.45, 2.75) is 13.3 Å². The molecular formula is C10H8N2O3. The Kier molecular flexibility index (Phi) is 3.13. The number of nitro benzene ring substituents is 1. The molecule has 0 N–H and O–H groups in total. The molecule has 76 valence electrons. The lowest BCUT2D eigenvalue weighted by Gasteiger charge is -2.00. The fourth-order valence-electron chi connectivity index (χ4n) is 1.16. The molecule has 0 aliphatic carbocycles. The number of Topliss-reactive ketones (excluding diaryl/α,β-unsaturated/α-hetero) is 1. The van der Waals surface area contributed by atoms with E-state index in [1.807, 2.05) is 6.07 Å². The van der Waals surface area contributed by atoms with Gasteiger partial charge in [-0.1, -0.05) is 6.92 Å². The van der Waals surface area contributed by atoms with Crippen LogP contribution in [-0.4, -0.2) is 10.7 Å². The molecule has 0 amide bonds. The second kappa shape index (κ2) is 4.33. The number of hydrogen-bond acceptors (Lipinski definition) is 4. The molecule has 5 heteroatoms. The monoisotopic (exact) mass is 204 g/mol. The Morgan fingerprint density at radius 2 is 2.27 bits per heavy atom. The highest BCUT2D eigenvalue weighted by atomic mass is 16.6. The second-order valence-corrected chi connectivity index (χ2v) is 2.88. The van der Waals surface area contributed by atoms with Gasteiger partial charge in [0.15, 0.2) is 5.78 Å². The van der Waals surface area contributed by atoms with Gasteiger partial charge in [0.1, 0.15) is 0 Å². The lowest BCUT2D eigenvalue weighted by atomic mass is 10.0. The third-order valence-corrected chi connectivity index (χ3v) is 1.96. The van der Waals surface area contributed by atoms with Crippen molar-refractivity contribution in [2.75, 3.05) is 0 Å². The van der Waals surface area contributed by atoms with E-state index in [1.54, 1.807) is 6.92 Å². The molecule has 15 heavy (non-hydrogen) atoms. The van der Waals surface area contributed by atoms with Crippen LogP contribution in [0.3, 0.4) is 0 Å². The second-order valence-electron chi connectivity index (χ2n) is 2.88. The van der Waals surface area contributed by atoms with Crippen molar-refractivity contribution in [1.82, 2.24) is 0 Å². The van der Waals surface area contributed by atoms with Gasteiger partial charge in [-0.05, 0) is 6.07 Å². The van der Waals surface area contributed by atoms with E-state index in [1.165, 1.54) is 12.1 Å². The van der Waals surface area contributed by atoms with Crippen molar-refractivity contribution < 1.29 is 9.72 Å². The highest BCUT2D eigenvalue weighted by Gasteiger charge is 2.14. The first-order valence-corrected chi connectivity index (χ1v) is 4.32. The number of carbonyl (C=O) groups is 1. The molecule has 0 aromatic heterocycles. The molecule has 1 aromatic carbocycles. The van der Waals surface area contributed by atoms with Crippen LogP contribution in [0.4, 0.5) is 5.69 Å². The quantitative estimate of drug-likeness (QED) is 0.428. The number of hydrogen-bond donors (Lipinski definition) is 0. The summed E-state index contributed by atoms with van der Waals surface area (Å²) in [7, 11) is 0. The Labute approximate surface area is 86.1 Å². The molecule has 0 saturated carbocycles. The molecule has 0 fully saturated rings. The zero-order valence-electron chi connectivity index (χ0n) is 8.06. The van der Waals surface area contributed by atoms with Gasteiger partial charge in [-0.3, -0.25) is 14.9 Å². The number of carbonyl (C=O) groups excluding carboxylic acids is 1. The van der Waals surface area contributed by atoms with Crippen LogP contribution >= 0.6 is 0 Å². The summed E-state index contributed by atoms with van der Waals surface area (Å²) in [6, 6.07) is 5.48. The molecule has 0 saturated heterocycles. The van der Waals surface area contributed by atoms with Gasteiger partial charge in [-0.2, -0.15) is 5.26 Å². The summed E-state index contributed by atoms with van der Waals surface area (Å²) in [4.78, 5) is 21.3. The van der Waals surface area contributed by atoms with Crippen molar-refractivity contribution in [3.05, 3.63) is 39.4 Å². The van der Waals surface area contributed by atoms with Crippen LogP contribution in [0.2, 0.25) is 0 Å². The zero-order valence-corrected chi connectivity index (χ0v) is 8.06. The van der Waals surface area contributed by atoms with Crippen LogP contribution < -0.4 is 0 Å². The van der Waals surface area contributed by atoms with Gasteiger partial charge >= 0.3 is 0 Å².